The van der Waals surface area contributed by atoms with Gasteiger partial charge in [0.2, 0.25) is 21.8 Å². The molecule has 0 heterocycles. The second-order valence-electron chi connectivity index (χ2n) is 9.36. The molecule has 1 atom stereocenters. The number of ether oxygens (including phenoxy) is 2. The van der Waals surface area contributed by atoms with Crippen LogP contribution in [0.2, 0.25) is 0 Å². The predicted molar refractivity (Wildman–Crippen MR) is 156 cm³/mol. The lowest BCUT2D eigenvalue weighted by Gasteiger charge is -2.33. The van der Waals surface area contributed by atoms with Crippen LogP contribution in [-0.2, 0) is 32.6 Å². The van der Waals surface area contributed by atoms with Crippen LogP contribution in [0.1, 0.15) is 23.6 Å². The Bertz CT molecular complexity index is 1410. The molecule has 3 aromatic carbocycles. The van der Waals surface area contributed by atoms with Gasteiger partial charge in [-0.2, -0.15) is 0 Å². The third kappa shape index (κ3) is 7.75. The third-order valence-electron chi connectivity index (χ3n) is 6.56. The van der Waals surface area contributed by atoms with E-state index in [1.165, 1.54) is 25.2 Å². The van der Waals surface area contributed by atoms with Crippen LogP contribution in [0.5, 0.6) is 11.5 Å². The van der Waals surface area contributed by atoms with Crippen molar-refractivity contribution in [3.8, 4) is 11.5 Å². The molecule has 40 heavy (non-hydrogen) atoms. The summed E-state index contributed by atoms with van der Waals surface area (Å²) in [5.41, 5.74) is 2.92. The van der Waals surface area contributed by atoms with E-state index in [9.17, 15) is 18.0 Å². The van der Waals surface area contributed by atoms with Crippen LogP contribution in [0.4, 0.5) is 5.69 Å². The molecular weight excluding hydrogens is 530 g/mol. The van der Waals surface area contributed by atoms with Crippen molar-refractivity contribution in [3.05, 3.63) is 89.5 Å². The van der Waals surface area contributed by atoms with Crippen LogP contribution in [0.3, 0.4) is 0 Å². The van der Waals surface area contributed by atoms with Crippen molar-refractivity contribution >= 4 is 27.5 Å². The Hall–Kier alpha value is -4.05. The zero-order chi connectivity index (χ0) is 29.3. The molecule has 0 aliphatic rings. The molecule has 0 radical (unpaired) electrons. The first-order valence-electron chi connectivity index (χ1n) is 12.9. The molecule has 214 valence electrons. The van der Waals surface area contributed by atoms with Gasteiger partial charge in [-0.15, -0.1) is 0 Å². The van der Waals surface area contributed by atoms with Gasteiger partial charge in [-0.3, -0.25) is 13.9 Å². The molecule has 0 aliphatic carbocycles. The molecule has 0 saturated carbocycles. The summed E-state index contributed by atoms with van der Waals surface area (Å²) in [6, 6.07) is 20.8. The number of likely N-dealkylation sites (N-methyl/N-ethyl adjacent to an activating group) is 1. The second kappa shape index (κ2) is 13.8. The Morgan fingerprint density at radius 2 is 1.57 bits per heavy atom. The Labute approximate surface area is 236 Å². The summed E-state index contributed by atoms with van der Waals surface area (Å²) in [4.78, 5) is 29.0. The summed E-state index contributed by atoms with van der Waals surface area (Å²) in [5.74, 6) is -0.0885. The fourth-order valence-electron chi connectivity index (χ4n) is 4.41. The van der Waals surface area contributed by atoms with Gasteiger partial charge < -0.3 is 19.7 Å². The number of anilines is 1. The highest BCUT2D eigenvalue weighted by Gasteiger charge is 2.33. The van der Waals surface area contributed by atoms with Gasteiger partial charge in [0.15, 0.2) is 11.5 Å². The van der Waals surface area contributed by atoms with Crippen molar-refractivity contribution in [3.63, 3.8) is 0 Å². The van der Waals surface area contributed by atoms with Crippen molar-refractivity contribution in [2.45, 2.75) is 32.9 Å². The van der Waals surface area contributed by atoms with E-state index in [1.807, 2.05) is 68.4 Å². The number of sulfonamides is 1. The maximum Gasteiger partial charge on any atom is 0.244 e. The predicted octanol–water partition coefficient (Wildman–Crippen LogP) is 3.55. The zero-order valence-corrected chi connectivity index (χ0v) is 24.4. The number of nitrogens with one attached hydrogen (secondary N) is 1. The number of hydrogen-bond donors (Lipinski definition) is 1. The molecule has 1 N–H and O–H groups in total. The highest BCUT2D eigenvalue weighted by atomic mass is 32.2. The lowest BCUT2D eigenvalue weighted by atomic mass is 10.0. The smallest absolute Gasteiger partial charge is 0.244 e. The van der Waals surface area contributed by atoms with E-state index in [2.05, 4.69) is 5.32 Å². The summed E-state index contributed by atoms with van der Waals surface area (Å²) in [7, 11) is -0.973. The lowest BCUT2D eigenvalue weighted by Crippen LogP contribution is -2.53. The van der Waals surface area contributed by atoms with Crippen molar-refractivity contribution in [2.24, 2.45) is 0 Å². The Morgan fingerprint density at radius 1 is 0.925 bits per heavy atom. The van der Waals surface area contributed by atoms with Crippen molar-refractivity contribution in [1.29, 1.82) is 0 Å². The average molecular weight is 568 g/mol. The molecule has 2 amide bonds. The highest BCUT2D eigenvalue weighted by Crippen LogP contribution is 2.32. The van der Waals surface area contributed by atoms with Crippen LogP contribution in [0.15, 0.2) is 72.8 Å². The molecule has 0 unspecified atom stereocenters. The normalized spacial score (nSPS) is 11.8. The Morgan fingerprint density at radius 3 is 2.17 bits per heavy atom. The first-order valence-corrected chi connectivity index (χ1v) is 14.8. The maximum atomic E-state index is 14.1. The fourth-order valence-corrected chi connectivity index (χ4v) is 5.25. The van der Waals surface area contributed by atoms with Gasteiger partial charge in [0.1, 0.15) is 12.6 Å². The number of benzene rings is 3. The van der Waals surface area contributed by atoms with Gasteiger partial charge in [0.25, 0.3) is 0 Å². The third-order valence-corrected chi connectivity index (χ3v) is 7.70. The van der Waals surface area contributed by atoms with E-state index in [0.717, 1.165) is 27.3 Å². The lowest BCUT2D eigenvalue weighted by molar-refractivity contribution is -0.140. The fraction of sp³-hybridized carbons (Fsp3) is 0.333. The van der Waals surface area contributed by atoms with Crippen molar-refractivity contribution in [2.75, 3.05) is 37.9 Å². The van der Waals surface area contributed by atoms with Crippen LogP contribution in [0, 0.1) is 6.92 Å². The number of nitrogens with zero attached hydrogens (tertiary/aromatic N) is 2. The molecule has 0 aliphatic heterocycles. The molecule has 3 rings (SSSR count). The number of methoxy groups -OCH3 is 2. The number of rotatable bonds is 13. The topological polar surface area (TPSA) is 105 Å². The zero-order valence-electron chi connectivity index (χ0n) is 23.6. The van der Waals surface area contributed by atoms with Crippen LogP contribution in [-0.4, -0.2) is 64.7 Å². The van der Waals surface area contributed by atoms with Crippen LogP contribution < -0.4 is 19.1 Å². The number of hydrogen-bond acceptors (Lipinski definition) is 6. The Kier molecular flexibility index (Phi) is 10.6. The number of aryl methyl sites for hydroxylation is 1. The van der Waals surface area contributed by atoms with Crippen molar-refractivity contribution in [1.82, 2.24) is 10.2 Å². The van der Waals surface area contributed by atoms with E-state index in [0.29, 0.717) is 18.0 Å². The van der Waals surface area contributed by atoms with E-state index in [-0.39, 0.29) is 24.6 Å². The first-order chi connectivity index (χ1) is 19.1. The van der Waals surface area contributed by atoms with Gasteiger partial charge in [-0.25, -0.2) is 8.42 Å². The number of carbonyl (C=O) groups excluding carboxylic acids is 2. The van der Waals surface area contributed by atoms with Gasteiger partial charge in [-0.05, 0) is 42.7 Å². The monoisotopic (exact) mass is 567 g/mol. The molecule has 10 heteroatoms. The first kappa shape index (κ1) is 30.5. The van der Waals surface area contributed by atoms with Crippen LogP contribution >= 0.6 is 0 Å². The summed E-state index contributed by atoms with van der Waals surface area (Å²) in [6.45, 7) is 3.75. The Balaban J connectivity index is 2.07. The second-order valence-corrected chi connectivity index (χ2v) is 11.3. The molecule has 0 bridgehead atoms. The molecular formula is C30H37N3O6S. The van der Waals surface area contributed by atoms with E-state index in [1.54, 1.807) is 12.1 Å². The van der Waals surface area contributed by atoms with Gasteiger partial charge in [-0.1, -0.05) is 54.6 Å². The number of carbonyl (C=O) groups is 2. The summed E-state index contributed by atoms with van der Waals surface area (Å²) in [6.07, 6.45) is 1.30. The van der Waals surface area contributed by atoms with Gasteiger partial charge in [0.05, 0.1) is 26.2 Å². The van der Waals surface area contributed by atoms with E-state index >= 15 is 0 Å². The van der Waals surface area contributed by atoms with Crippen LogP contribution in [0.25, 0.3) is 0 Å². The minimum absolute atomic E-state index is 0.129. The quantitative estimate of drug-likeness (QED) is 0.339. The van der Waals surface area contributed by atoms with Gasteiger partial charge >= 0.3 is 0 Å². The summed E-state index contributed by atoms with van der Waals surface area (Å²) < 4.78 is 37.6. The highest BCUT2D eigenvalue weighted by molar-refractivity contribution is 7.92. The largest absolute Gasteiger partial charge is 0.493 e. The molecule has 9 nitrogen and oxygen atoms in total. The summed E-state index contributed by atoms with van der Waals surface area (Å²) >= 11 is 0. The average Bonchev–Trinajstić information content (AvgIpc) is 2.94. The van der Waals surface area contributed by atoms with Crippen molar-refractivity contribution < 1.29 is 27.5 Å². The minimum atomic E-state index is -3.90. The molecule has 0 fully saturated rings. The number of amides is 2. The van der Waals surface area contributed by atoms with E-state index < -0.39 is 28.5 Å². The molecule has 0 saturated heterocycles. The molecule has 0 aromatic heterocycles. The maximum absolute atomic E-state index is 14.1. The SMILES string of the molecule is CCNC(=O)[C@@H](Cc1ccccc1)N(Cc1ccccc1C)C(=O)CN(c1ccc(OC)c(OC)c1)S(C)(=O)=O. The summed E-state index contributed by atoms with van der Waals surface area (Å²) in [5, 5.41) is 2.85. The molecule has 3 aromatic rings. The minimum Gasteiger partial charge on any atom is -0.493 e. The molecule has 0 spiro atoms. The van der Waals surface area contributed by atoms with E-state index in [4.69, 9.17) is 9.47 Å². The van der Waals surface area contributed by atoms with Gasteiger partial charge in [0, 0.05) is 25.6 Å². The standard InChI is InChI=1S/C30H37N3O6S/c1-6-31-30(35)26(18-23-13-8-7-9-14-23)32(20-24-15-11-10-12-22(24)2)29(34)21-33(40(5,36)37)25-16-17-27(38-3)28(19-25)39-4/h7-17,19,26H,6,18,20-21H2,1-5H3,(H,31,35)/t26-/m1/s1.